The molecule has 0 spiro atoms. The van der Waals surface area contributed by atoms with Crippen molar-refractivity contribution >= 4 is 0 Å². The van der Waals surface area contributed by atoms with Crippen LogP contribution in [0.1, 0.15) is 13.3 Å². The second-order valence-electron chi connectivity index (χ2n) is 2.00. The molecule has 0 aliphatic rings. The first-order chi connectivity index (χ1) is 4.31. The van der Waals surface area contributed by atoms with E-state index >= 15 is 0 Å². The first-order valence-electron chi connectivity index (χ1n) is 3.14. The number of rotatable bonds is 4. The van der Waals surface area contributed by atoms with Crippen LogP contribution in [0.5, 0.6) is 0 Å². The minimum absolute atomic E-state index is 0.233. The zero-order valence-corrected chi connectivity index (χ0v) is 5.89. The summed E-state index contributed by atoms with van der Waals surface area (Å²) in [6, 6.07) is 0. The minimum Gasteiger partial charge on any atom is -0.380 e. The third kappa shape index (κ3) is 5.39. The Balaban J connectivity index is 2.99. The van der Waals surface area contributed by atoms with E-state index in [1.165, 1.54) is 0 Å². The van der Waals surface area contributed by atoms with Crippen molar-refractivity contribution in [1.29, 1.82) is 0 Å². The Kier molecular flexibility index (Phi) is 5.35. The van der Waals surface area contributed by atoms with E-state index in [0.29, 0.717) is 13.2 Å². The van der Waals surface area contributed by atoms with Crippen molar-refractivity contribution in [2.24, 2.45) is 5.92 Å². The average Bonchev–Trinajstić information content (AvgIpc) is 1.89. The third-order valence-corrected chi connectivity index (χ3v) is 0.941. The third-order valence-electron chi connectivity index (χ3n) is 0.941. The van der Waals surface area contributed by atoms with Gasteiger partial charge in [0.25, 0.3) is 0 Å². The molecule has 0 heterocycles. The van der Waals surface area contributed by atoms with Gasteiger partial charge >= 0.3 is 0 Å². The van der Waals surface area contributed by atoms with Crippen LogP contribution < -0.4 is 0 Å². The van der Waals surface area contributed by atoms with Crippen molar-refractivity contribution in [3.63, 3.8) is 0 Å². The molecular formula is C8H13O. The molecule has 1 unspecified atom stereocenters. The van der Waals surface area contributed by atoms with Crippen LogP contribution in [0.2, 0.25) is 0 Å². The Labute approximate surface area is 57.4 Å². The van der Waals surface area contributed by atoms with Crippen LogP contribution in [0, 0.1) is 25.2 Å². The predicted molar refractivity (Wildman–Crippen MR) is 38.8 cm³/mol. The normalized spacial score (nSPS) is 12.6. The molecule has 0 aliphatic heterocycles. The van der Waals surface area contributed by atoms with Gasteiger partial charge in [-0.1, -0.05) is 6.92 Å². The highest BCUT2D eigenvalue weighted by Crippen LogP contribution is 1.92. The standard InChI is InChI=1S/C8H13O/c1-4-6-9-7-8(3)5-2/h2,8H,1,4,6-7H2,3H3. The van der Waals surface area contributed by atoms with Gasteiger partial charge in [0, 0.05) is 12.5 Å². The van der Waals surface area contributed by atoms with Crippen LogP contribution >= 0.6 is 0 Å². The van der Waals surface area contributed by atoms with E-state index < -0.39 is 0 Å². The summed E-state index contributed by atoms with van der Waals surface area (Å²) < 4.78 is 5.13. The first kappa shape index (κ1) is 8.52. The van der Waals surface area contributed by atoms with Gasteiger partial charge in [-0.05, 0) is 13.3 Å². The van der Waals surface area contributed by atoms with E-state index in [4.69, 9.17) is 11.2 Å². The van der Waals surface area contributed by atoms with Crippen LogP contribution in [0.4, 0.5) is 0 Å². The summed E-state index contributed by atoms with van der Waals surface area (Å²) in [4.78, 5) is 0. The molecule has 1 atom stereocenters. The van der Waals surface area contributed by atoms with Crippen molar-refractivity contribution in [2.75, 3.05) is 13.2 Å². The quantitative estimate of drug-likeness (QED) is 0.408. The monoisotopic (exact) mass is 125 g/mol. The maximum atomic E-state index is 5.13. The summed E-state index contributed by atoms with van der Waals surface area (Å²) in [5.74, 6) is 2.81. The Morgan fingerprint density at radius 3 is 2.89 bits per heavy atom. The summed E-state index contributed by atoms with van der Waals surface area (Å²) in [5, 5.41) is 0. The van der Waals surface area contributed by atoms with Gasteiger partial charge in [0.05, 0.1) is 6.61 Å². The van der Waals surface area contributed by atoms with Gasteiger partial charge in [-0.25, -0.2) is 0 Å². The second-order valence-corrected chi connectivity index (χ2v) is 2.00. The molecule has 1 heteroatoms. The highest BCUT2D eigenvalue weighted by atomic mass is 16.5. The molecule has 0 aromatic heterocycles. The maximum absolute atomic E-state index is 5.13. The number of ether oxygens (including phenoxy) is 1. The molecule has 1 nitrogen and oxygen atoms in total. The summed E-state index contributed by atoms with van der Waals surface area (Å²) in [5.41, 5.74) is 0. The lowest BCUT2D eigenvalue weighted by molar-refractivity contribution is 0.123. The number of hydrogen-bond acceptors (Lipinski definition) is 1. The lowest BCUT2D eigenvalue weighted by Gasteiger charge is -2.02. The molecule has 0 bridgehead atoms. The van der Waals surface area contributed by atoms with E-state index in [2.05, 4.69) is 12.8 Å². The van der Waals surface area contributed by atoms with Gasteiger partial charge in [0.2, 0.25) is 0 Å². The average molecular weight is 125 g/mol. The zero-order chi connectivity index (χ0) is 7.11. The highest BCUT2D eigenvalue weighted by molar-refractivity contribution is 4.89. The van der Waals surface area contributed by atoms with Crippen molar-refractivity contribution in [1.82, 2.24) is 0 Å². The van der Waals surface area contributed by atoms with Gasteiger partial charge in [0.15, 0.2) is 0 Å². The molecule has 0 saturated heterocycles. The molecule has 0 rings (SSSR count). The SMILES string of the molecule is C#CC(C)COCC[CH2]. The minimum atomic E-state index is 0.233. The van der Waals surface area contributed by atoms with Crippen LogP contribution in [0.15, 0.2) is 0 Å². The maximum Gasteiger partial charge on any atom is 0.0601 e. The molecule has 1 radical (unpaired) electrons. The van der Waals surface area contributed by atoms with Crippen LogP contribution in [-0.4, -0.2) is 13.2 Å². The van der Waals surface area contributed by atoms with Crippen LogP contribution in [0.3, 0.4) is 0 Å². The lowest BCUT2D eigenvalue weighted by Crippen LogP contribution is -2.03. The smallest absolute Gasteiger partial charge is 0.0601 e. The molecule has 0 saturated carbocycles. The van der Waals surface area contributed by atoms with Crippen molar-refractivity contribution in [3.05, 3.63) is 6.92 Å². The van der Waals surface area contributed by atoms with E-state index in [0.717, 1.165) is 6.42 Å². The molecule has 51 valence electrons. The summed E-state index contributed by atoms with van der Waals surface area (Å²) in [6.07, 6.45) is 5.93. The van der Waals surface area contributed by atoms with E-state index in [1.807, 2.05) is 6.92 Å². The number of hydrogen-bond donors (Lipinski definition) is 0. The molecule has 0 aromatic carbocycles. The molecule has 0 aromatic rings. The van der Waals surface area contributed by atoms with Crippen LogP contribution in [0.25, 0.3) is 0 Å². The van der Waals surface area contributed by atoms with Gasteiger partial charge in [-0.15, -0.1) is 12.3 Å². The highest BCUT2D eigenvalue weighted by Gasteiger charge is 1.93. The van der Waals surface area contributed by atoms with Gasteiger partial charge in [0.1, 0.15) is 0 Å². The summed E-state index contributed by atoms with van der Waals surface area (Å²) in [7, 11) is 0. The first-order valence-corrected chi connectivity index (χ1v) is 3.14. The van der Waals surface area contributed by atoms with Gasteiger partial charge in [-0.2, -0.15) is 0 Å². The van der Waals surface area contributed by atoms with Crippen molar-refractivity contribution in [3.8, 4) is 12.3 Å². The summed E-state index contributed by atoms with van der Waals surface area (Å²) in [6.45, 7) is 6.97. The lowest BCUT2D eigenvalue weighted by atomic mass is 10.2. The zero-order valence-electron chi connectivity index (χ0n) is 5.89. The Morgan fingerprint density at radius 2 is 2.44 bits per heavy atom. The Bertz CT molecular complexity index is 91.2. The molecule has 0 aliphatic carbocycles. The molecule has 9 heavy (non-hydrogen) atoms. The summed E-state index contributed by atoms with van der Waals surface area (Å²) >= 11 is 0. The van der Waals surface area contributed by atoms with E-state index in [9.17, 15) is 0 Å². The fraction of sp³-hybridized carbons (Fsp3) is 0.625. The predicted octanol–water partition coefficient (Wildman–Crippen LogP) is 1.50. The van der Waals surface area contributed by atoms with Crippen molar-refractivity contribution < 1.29 is 4.74 Å². The molecule has 0 N–H and O–H groups in total. The topological polar surface area (TPSA) is 9.23 Å². The van der Waals surface area contributed by atoms with Gasteiger partial charge < -0.3 is 4.74 Å². The van der Waals surface area contributed by atoms with Gasteiger partial charge in [-0.3, -0.25) is 0 Å². The molecule has 0 amide bonds. The number of terminal acetylenes is 1. The second kappa shape index (κ2) is 5.65. The fourth-order valence-electron chi connectivity index (χ4n) is 0.410. The molecular weight excluding hydrogens is 112 g/mol. The largest absolute Gasteiger partial charge is 0.380 e. The van der Waals surface area contributed by atoms with E-state index in [1.54, 1.807) is 0 Å². The molecule has 0 fully saturated rings. The van der Waals surface area contributed by atoms with Crippen LogP contribution in [-0.2, 0) is 4.74 Å². The fourth-order valence-corrected chi connectivity index (χ4v) is 0.410. The van der Waals surface area contributed by atoms with E-state index in [-0.39, 0.29) is 5.92 Å². The van der Waals surface area contributed by atoms with Crippen molar-refractivity contribution in [2.45, 2.75) is 13.3 Å². The Morgan fingerprint density at radius 1 is 1.78 bits per heavy atom. The Hall–Kier alpha value is -0.480.